The predicted molar refractivity (Wildman–Crippen MR) is 122 cm³/mol. The van der Waals surface area contributed by atoms with E-state index in [1.54, 1.807) is 6.20 Å². The third kappa shape index (κ3) is 5.11. The van der Waals surface area contributed by atoms with Crippen molar-refractivity contribution in [3.63, 3.8) is 0 Å². The van der Waals surface area contributed by atoms with Gasteiger partial charge in [-0.2, -0.15) is 4.98 Å². The van der Waals surface area contributed by atoms with E-state index in [9.17, 15) is 0 Å². The van der Waals surface area contributed by atoms with Crippen molar-refractivity contribution in [3.05, 3.63) is 55.0 Å². The molecule has 156 valence electrons. The first-order valence-electron chi connectivity index (χ1n) is 10.5. The zero-order valence-electron chi connectivity index (χ0n) is 17.5. The highest BCUT2D eigenvalue weighted by Crippen LogP contribution is 2.30. The summed E-state index contributed by atoms with van der Waals surface area (Å²) in [6.45, 7) is 6.52. The average Bonchev–Trinajstić information content (AvgIpc) is 2.79. The fourth-order valence-electron chi connectivity index (χ4n) is 3.73. The largest absolute Gasteiger partial charge is 0.369 e. The summed E-state index contributed by atoms with van der Waals surface area (Å²) >= 11 is 0. The van der Waals surface area contributed by atoms with E-state index in [2.05, 4.69) is 61.4 Å². The van der Waals surface area contributed by atoms with Crippen LogP contribution in [0.2, 0.25) is 0 Å². The molecule has 0 unspecified atom stereocenters. The van der Waals surface area contributed by atoms with Gasteiger partial charge in [0, 0.05) is 56.9 Å². The molecule has 1 aliphatic heterocycles. The molecule has 7 heteroatoms. The lowest BCUT2D eigenvalue weighted by Gasteiger charge is -2.32. The van der Waals surface area contributed by atoms with Crippen molar-refractivity contribution >= 4 is 11.8 Å². The SMILES string of the molecule is CN1CCN(CCCNc2nc(N)ncc2-c2cccc(-c3ccncc3)c2)CC1. The molecule has 0 radical (unpaired) electrons. The molecule has 7 nitrogen and oxygen atoms in total. The first-order chi connectivity index (χ1) is 14.7. The minimum absolute atomic E-state index is 0.283. The number of nitrogens with zero attached hydrogens (tertiary/aromatic N) is 5. The number of likely N-dealkylation sites (N-methyl/N-ethyl adjacent to an activating group) is 1. The van der Waals surface area contributed by atoms with Gasteiger partial charge in [-0.15, -0.1) is 0 Å². The van der Waals surface area contributed by atoms with E-state index < -0.39 is 0 Å². The Kier molecular flexibility index (Phi) is 6.51. The molecule has 1 fully saturated rings. The Labute approximate surface area is 178 Å². The molecule has 30 heavy (non-hydrogen) atoms. The molecule has 1 aromatic carbocycles. The number of piperazine rings is 1. The number of nitrogens with one attached hydrogen (secondary N) is 1. The van der Waals surface area contributed by atoms with E-state index in [0.29, 0.717) is 0 Å². The summed E-state index contributed by atoms with van der Waals surface area (Å²) in [4.78, 5) is 17.7. The number of rotatable bonds is 7. The Morgan fingerprint density at radius 3 is 2.57 bits per heavy atom. The van der Waals surface area contributed by atoms with E-state index in [1.165, 1.54) is 0 Å². The maximum Gasteiger partial charge on any atom is 0.221 e. The topological polar surface area (TPSA) is 83.2 Å². The van der Waals surface area contributed by atoms with Crippen LogP contribution in [0.15, 0.2) is 55.0 Å². The average molecular weight is 404 g/mol. The molecular formula is C23H29N7. The third-order valence-corrected chi connectivity index (χ3v) is 5.53. The zero-order valence-corrected chi connectivity index (χ0v) is 17.5. The van der Waals surface area contributed by atoms with Crippen molar-refractivity contribution in [1.82, 2.24) is 24.8 Å². The maximum absolute atomic E-state index is 5.88. The summed E-state index contributed by atoms with van der Waals surface area (Å²) in [6.07, 6.45) is 6.48. The van der Waals surface area contributed by atoms with Crippen LogP contribution in [0.1, 0.15) is 6.42 Å². The Morgan fingerprint density at radius 2 is 1.77 bits per heavy atom. The van der Waals surface area contributed by atoms with Crippen molar-refractivity contribution in [3.8, 4) is 22.3 Å². The second kappa shape index (κ2) is 9.65. The molecular weight excluding hydrogens is 374 g/mol. The standard InChI is InChI=1S/C23H29N7/c1-29-12-14-30(15-13-29)11-3-8-26-22-21(17-27-23(24)28-22)20-5-2-4-19(16-20)18-6-9-25-10-7-18/h2,4-7,9-10,16-17H,3,8,11-15H2,1H3,(H3,24,26,27,28). The molecule has 0 atom stereocenters. The van der Waals surface area contributed by atoms with Crippen LogP contribution in [0.3, 0.4) is 0 Å². The summed E-state index contributed by atoms with van der Waals surface area (Å²) in [5.74, 6) is 1.07. The number of hydrogen-bond acceptors (Lipinski definition) is 7. The fraction of sp³-hybridized carbons (Fsp3) is 0.348. The summed E-state index contributed by atoms with van der Waals surface area (Å²) in [5.41, 5.74) is 10.2. The summed E-state index contributed by atoms with van der Waals surface area (Å²) in [7, 11) is 2.18. The fourth-order valence-corrected chi connectivity index (χ4v) is 3.73. The van der Waals surface area contributed by atoms with Crippen LogP contribution in [0.25, 0.3) is 22.3 Å². The Balaban J connectivity index is 1.45. The van der Waals surface area contributed by atoms with Gasteiger partial charge in [0.05, 0.1) is 0 Å². The van der Waals surface area contributed by atoms with E-state index >= 15 is 0 Å². The molecule has 4 rings (SSSR count). The highest BCUT2D eigenvalue weighted by molar-refractivity contribution is 5.79. The Hall–Kier alpha value is -3.03. The van der Waals surface area contributed by atoms with Crippen molar-refractivity contribution in [2.24, 2.45) is 0 Å². The zero-order chi connectivity index (χ0) is 20.8. The van der Waals surface area contributed by atoms with Gasteiger partial charge in [-0.1, -0.05) is 18.2 Å². The number of nitrogen functional groups attached to an aromatic ring is 1. The smallest absolute Gasteiger partial charge is 0.221 e. The van der Waals surface area contributed by atoms with Gasteiger partial charge in [0.15, 0.2) is 0 Å². The molecule has 0 saturated carbocycles. The second-order valence-electron chi connectivity index (χ2n) is 7.73. The minimum atomic E-state index is 0.283. The normalized spacial score (nSPS) is 15.2. The van der Waals surface area contributed by atoms with Crippen LogP contribution >= 0.6 is 0 Å². The van der Waals surface area contributed by atoms with Gasteiger partial charge in [-0.05, 0) is 54.9 Å². The lowest BCUT2D eigenvalue weighted by Crippen LogP contribution is -2.44. The first kappa shape index (κ1) is 20.3. The highest BCUT2D eigenvalue weighted by Gasteiger charge is 2.13. The molecule has 0 spiro atoms. The van der Waals surface area contributed by atoms with Crippen LogP contribution in [-0.4, -0.2) is 71.1 Å². The molecule has 1 aliphatic rings. The number of pyridine rings is 1. The van der Waals surface area contributed by atoms with Gasteiger partial charge in [-0.25, -0.2) is 4.98 Å². The number of anilines is 2. The minimum Gasteiger partial charge on any atom is -0.369 e. The van der Waals surface area contributed by atoms with Gasteiger partial charge in [0.25, 0.3) is 0 Å². The van der Waals surface area contributed by atoms with Gasteiger partial charge >= 0.3 is 0 Å². The molecule has 1 saturated heterocycles. The number of benzene rings is 1. The number of nitrogens with two attached hydrogens (primary N) is 1. The molecule has 3 N–H and O–H groups in total. The van der Waals surface area contributed by atoms with Crippen LogP contribution in [0.5, 0.6) is 0 Å². The van der Waals surface area contributed by atoms with Crippen LogP contribution < -0.4 is 11.1 Å². The maximum atomic E-state index is 5.88. The Morgan fingerprint density at radius 1 is 1.00 bits per heavy atom. The summed E-state index contributed by atoms with van der Waals surface area (Å²) in [5, 5.41) is 3.48. The van der Waals surface area contributed by atoms with Gasteiger partial charge in [-0.3, -0.25) is 4.98 Å². The van der Waals surface area contributed by atoms with E-state index in [1.807, 2.05) is 24.5 Å². The van der Waals surface area contributed by atoms with Gasteiger partial charge < -0.3 is 20.9 Å². The molecule has 0 amide bonds. The van der Waals surface area contributed by atoms with Crippen molar-refractivity contribution in [2.45, 2.75) is 6.42 Å². The molecule has 0 bridgehead atoms. The quantitative estimate of drug-likeness (QED) is 0.587. The van der Waals surface area contributed by atoms with Crippen LogP contribution in [-0.2, 0) is 0 Å². The number of hydrogen-bond donors (Lipinski definition) is 2. The van der Waals surface area contributed by atoms with Gasteiger partial charge in [0.2, 0.25) is 5.95 Å². The summed E-state index contributed by atoms with van der Waals surface area (Å²) in [6, 6.07) is 12.4. The second-order valence-corrected chi connectivity index (χ2v) is 7.73. The molecule has 3 aromatic rings. The lowest BCUT2D eigenvalue weighted by molar-refractivity contribution is 0.154. The lowest BCUT2D eigenvalue weighted by atomic mass is 10.0. The van der Waals surface area contributed by atoms with E-state index in [-0.39, 0.29) is 5.95 Å². The van der Waals surface area contributed by atoms with E-state index in [0.717, 1.165) is 73.8 Å². The van der Waals surface area contributed by atoms with Crippen molar-refractivity contribution in [2.75, 3.05) is 57.4 Å². The van der Waals surface area contributed by atoms with Crippen LogP contribution in [0.4, 0.5) is 11.8 Å². The van der Waals surface area contributed by atoms with Gasteiger partial charge in [0.1, 0.15) is 5.82 Å². The van der Waals surface area contributed by atoms with E-state index in [4.69, 9.17) is 5.73 Å². The first-order valence-corrected chi connectivity index (χ1v) is 10.5. The predicted octanol–water partition coefficient (Wildman–Crippen LogP) is 2.84. The molecule has 3 heterocycles. The Bertz CT molecular complexity index is 953. The number of aromatic nitrogens is 3. The van der Waals surface area contributed by atoms with Crippen molar-refractivity contribution in [1.29, 1.82) is 0 Å². The molecule has 0 aliphatic carbocycles. The monoisotopic (exact) mass is 403 g/mol. The summed E-state index contributed by atoms with van der Waals surface area (Å²) < 4.78 is 0. The van der Waals surface area contributed by atoms with Crippen molar-refractivity contribution < 1.29 is 0 Å². The third-order valence-electron chi connectivity index (χ3n) is 5.53. The molecule has 2 aromatic heterocycles. The highest BCUT2D eigenvalue weighted by atomic mass is 15.2. The van der Waals surface area contributed by atoms with Crippen LogP contribution in [0, 0.1) is 0 Å².